The number of Topliss-reactive ketones (excluding diaryl/α,β-unsaturated/α-hetero) is 1. The molecule has 0 unspecified atom stereocenters. The highest BCUT2D eigenvalue weighted by Crippen LogP contribution is 2.12. The van der Waals surface area contributed by atoms with Gasteiger partial charge in [-0.05, 0) is 0 Å². The third-order valence-corrected chi connectivity index (χ3v) is 1.62. The van der Waals surface area contributed by atoms with Crippen molar-refractivity contribution >= 4 is 22.8 Å². The minimum absolute atomic E-state index is 0.106. The number of carbonyl (C=O) groups is 1. The van der Waals surface area contributed by atoms with E-state index in [1.165, 1.54) is 13.3 Å². The first-order valence-corrected chi connectivity index (χ1v) is 3.66. The number of hydrogen-bond acceptors (Lipinski definition) is 5. The Labute approximate surface area is 73.2 Å². The van der Waals surface area contributed by atoms with Crippen LogP contribution in [0.15, 0.2) is 6.33 Å². The van der Waals surface area contributed by atoms with Crippen LogP contribution >= 0.6 is 0 Å². The van der Waals surface area contributed by atoms with Gasteiger partial charge in [-0.3, -0.25) is 4.79 Å². The number of fused-ring (bicyclic) bond motifs is 1. The van der Waals surface area contributed by atoms with E-state index in [0.717, 1.165) is 0 Å². The standard InChI is InChI=1S/C7H7N5O/c1-3(13)6-11-5(8)4-7(12-6)10-2-9-4/h2H,1H3,(H3,8,9,10,11,12). The van der Waals surface area contributed by atoms with Crippen molar-refractivity contribution in [3.63, 3.8) is 0 Å². The van der Waals surface area contributed by atoms with Gasteiger partial charge in [0.05, 0.1) is 6.33 Å². The van der Waals surface area contributed by atoms with Gasteiger partial charge >= 0.3 is 0 Å². The summed E-state index contributed by atoms with van der Waals surface area (Å²) >= 11 is 0. The molecule has 2 heterocycles. The van der Waals surface area contributed by atoms with Gasteiger partial charge in [0.2, 0.25) is 0 Å². The molecule has 0 saturated carbocycles. The van der Waals surface area contributed by atoms with Crippen LogP contribution in [0.5, 0.6) is 0 Å². The molecule has 0 saturated heterocycles. The summed E-state index contributed by atoms with van der Waals surface area (Å²) in [5.41, 5.74) is 6.53. The summed E-state index contributed by atoms with van der Waals surface area (Å²) in [6.07, 6.45) is 1.46. The molecule has 66 valence electrons. The fraction of sp³-hybridized carbons (Fsp3) is 0.143. The van der Waals surface area contributed by atoms with Crippen molar-refractivity contribution in [3.8, 4) is 0 Å². The average molecular weight is 177 g/mol. The largest absolute Gasteiger partial charge is 0.382 e. The van der Waals surface area contributed by atoms with Gasteiger partial charge in [-0.1, -0.05) is 0 Å². The van der Waals surface area contributed by atoms with Gasteiger partial charge in [0.25, 0.3) is 0 Å². The molecule has 6 nitrogen and oxygen atoms in total. The number of rotatable bonds is 1. The van der Waals surface area contributed by atoms with E-state index in [0.29, 0.717) is 11.2 Å². The van der Waals surface area contributed by atoms with E-state index >= 15 is 0 Å². The number of nitrogens with zero attached hydrogens (tertiary/aromatic N) is 3. The number of ketones is 1. The highest BCUT2D eigenvalue weighted by atomic mass is 16.1. The van der Waals surface area contributed by atoms with Gasteiger partial charge in [0.1, 0.15) is 5.52 Å². The van der Waals surface area contributed by atoms with Crippen LogP contribution in [0.4, 0.5) is 5.82 Å². The zero-order valence-corrected chi connectivity index (χ0v) is 6.90. The number of nitrogen functional groups attached to an aromatic ring is 1. The van der Waals surface area contributed by atoms with Crippen molar-refractivity contribution in [2.75, 3.05) is 5.73 Å². The van der Waals surface area contributed by atoms with Crippen molar-refractivity contribution in [3.05, 3.63) is 12.2 Å². The predicted molar refractivity (Wildman–Crippen MR) is 46.1 cm³/mol. The van der Waals surface area contributed by atoms with Crippen LogP contribution in [0.1, 0.15) is 17.5 Å². The number of nitrogens with one attached hydrogen (secondary N) is 1. The second-order valence-electron chi connectivity index (χ2n) is 2.59. The summed E-state index contributed by atoms with van der Waals surface area (Å²) in [4.78, 5) is 25.4. The smallest absolute Gasteiger partial charge is 0.199 e. The normalized spacial score (nSPS) is 10.5. The fourth-order valence-corrected chi connectivity index (χ4v) is 1.02. The molecular weight excluding hydrogens is 170 g/mol. The maximum absolute atomic E-state index is 10.9. The number of H-pyrrole nitrogens is 1. The molecular formula is C7H7N5O. The Hall–Kier alpha value is -1.98. The Morgan fingerprint density at radius 3 is 3.00 bits per heavy atom. The van der Waals surface area contributed by atoms with Crippen LogP contribution in [0.25, 0.3) is 11.2 Å². The molecule has 2 rings (SSSR count). The zero-order chi connectivity index (χ0) is 9.42. The van der Waals surface area contributed by atoms with E-state index in [1.807, 2.05) is 0 Å². The topological polar surface area (TPSA) is 97.5 Å². The maximum atomic E-state index is 10.9. The molecule has 0 spiro atoms. The summed E-state index contributed by atoms with van der Waals surface area (Å²) in [6, 6.07) is 0. The molecule has 13 heavy (non-hydrogen) atoms. The van der Waals surface area contributed by atoms with E-state index in [1.54, 1.807) is 0 Å². The number of nitrogens with two attached hydrogens (primary N) is 1. The van der Waals surface area contributed by atoms with Gasteiger partial charge in [-0.25, -0.2) is 15.0 Å². The lowest BCUT2D eigenvalue weighted by Crippen LogP contribution is -2.04. The van der Waals surface area contributed by atoms with Crippen molar-refractivity contribution in [1.29, 1.82) is 0 Å². The second kappa shape index (κ2) is 2.51. The van der Waals surface area contributed by atoms with Gasteiger partial charge in [0.15, 0.2) is 23.1 Å². The molecule has 0 aromatic carbocycles. The Bertz CT molecular complexity index is 475. The van der Waals surface area contributed by atoms with Gasteiger partial charge < -0.3 is 10.7 Å². The number of imidazole rings is 1. The van der Waals surface area contributed by atoms with Gasteiger partial charge in [-0.2, -0.15) is 0 Å². The minimum atomic E-state index is -0.219. The van der Waals surface area contributed by atoms with Crippen LogP contribution < -0.4 is 5.73 Å². The summed E-state index contributed by atoms with van der Waals surface area (Å²) < 4.78 is 0. The van der Waals surface area contributed by atoms with Gasteiger partial charge in [0, 0.05) is 6.92 Å². The van der Waals surface area contributed by atoms with E-state index in [4.69, 9.17) is 5.73 Å². The molecule has 3 N–H and O–H groups in total. The molecule has 0 atom stereocenters. The molecule has 0 fully saturated rings. The summed E-state index contributed by atoms with van der Waals surface area (Å²) in [7, 11) is 0. The second-order valence-corrected chi connectivity index (χ2v) is 2.59. The van der Waals surface area contributed by atoms with Gasteiger partial charge in [-0.15, -0.1) is 0 Å². The number of anilines is 1. The summed E-state index contributed by atoms with van der Waals surface area (Å²) in [5.74, 6) is 0.105. The van der Waals surface area contributed by atoms with Crippen molar-refractivity contribution in [2.45, 2.75) is 6.92 Å². The lowest BCUT2D eigenvalue weighted by Gasteiger charge is -1.96. The molecule has 0 amide bonds. The summed E-state index contributed by atoms with van der Waals surface area (Å²) in [6.45, 7) is 1.39. The molecule has 0 aliphatic rings. The van der Waals surface area contributed by atoms with Crippen LogP contribution in [-0.4, -0.2) is 25.7 Å². The van der Waals surface area contributed by atoms with Crippen LogP contribution in [0.2, 0.25) is 0 Å². The predicted octanol–water partition coefficient (Wildman–Crippen LogP) is 0.138. The monoisotopic (exact) mass is 177 g/mol. The molecule has 0 aliphatic carbocycles. The van der Waals surface area contributed by atoms with Crippen molar-refractivity contribution in [2.24, 2.45) is 0 Å². The third-order valence-electron chi connectivity index (χ3n) is 1.62. The van der Waals surface area contributed by atoms with Crippen LogP contribution in [-0.2, 0) is 0 Å². The van der Waals surface area contributed by atoms with E-state index in [2.05, 4.69) is 19.9 Å². The fourth-order valence-electron chi connectivity index (χ4n) is 1.02. The third kappa shape index (κ3) is 1.12. The first-order chi connectivity index (χ1) is 6.18. The molecule has 0 bridgehead atoms. The summed E-state index contributed by atoms with van der Waals surface area (Å²) in [5, 5.41) is 0. The number of aromatic amines is 1. The molecule has 0 aliphatic heterocycles. The Kier molecular flexibility index (Phi) is 1.48. The molecule has 2 aromatic heterocycles. The quantitative estimate of drug-likeness (QED) is 0.603. The number of aromatic nitrogens is 4. The lowest BCUT2D eigenvalue weighted by atomic mass is 10.4. The average Bonchev–Trinajstić information content (AvgIpc) is 2.51. The van der Waals surface area contributed by atoms with Crippen LogP contribution in [0.3, 0.4) is 0 Å². The van der Waals surface area contributed by atoms with E-state index < -0.39 is 0 Å². The molecule has 6 heteroatoms. The van der Waals surface area contributed by atoms with Crippen LogP contribution in [0, 0.1) is 0 Å². The number of carbonyl (C=O) groups excluding carboxylic acids is 1. The Morgan fingerprint density at radius 2 is 2.31 bits per heavy atom. The maximum Gasteiger partial charge on any atom is 0.199 e. The highest BCUT2D eigenvalue weighted by Gasteiger charge is 2.09. The number of hydrogen-bond donors (Lipinski definition) is 2. The van der Waals surface area contributed by atoms with E-state index in [-0.39, 0.29) is 17.4 Å². The first kappa shape index (κ1) is 7.66. The van der Waals surface area contributed by atoms with Crippen molar-refractivity contribution in [1.82, 2.24) is 19.9 Å². The Balaban J connectivity index is 2.77. The SMILES string of the molecule is CC(=O)c1nc(N)c2nc[nH]c2n1. The first-order valence-electron chi connectivity index (χ1n) is 3.66. The molecule has 2 aromatic rings. The zero-order valence-electron chi connectivity index (χ0n) is 6.90. The molecule has 0 radical (unpaired) electrons. The lowest BCUT2D eigenvalue weighted by molar-refractivity contribution is 0.100. The Morgan fingerprint density at radius 1 is 1.54 bits per heavy atom. The van der Waals surface area contributed by atoms with Crippen molar-refractivity contribution < 1.29 is 4.79 Å². The van der Waals surface area contributed by atoms with E-state index in [9.17, 15) is 4.79 Å². The minimum Gasteiger partial charge on any atom is -0.382 e. The highest BCUT2D eigenvalue weighted by molar-refractivity contribution is 5.93.